The van der Waals surface area contributed by atoms with Gasteiger partial charge in [0.2, 0.25) is 0 Å². The molecule has 0 N–H and O–H groups in total. The number of para-hydroxylation sites is 1. The molecule has 0 saturated carbocycles. The van der Waals surface area contributed by atoms with Gasteiger partial charge in [-0.05, 0) is 43.3 Å². The number of benzene rings is 1. The molecule has 0 aliphatic heterocycles. The molecule has 0 bridgehead atoms. The van der Waals surface area contributed by atoms with E-state index in [0.717, 1.165) is 24.3 Å². The number of hydrogen-bond acceptors (Lipinski definition) is 4. The first-order chi connectivity index (χ1) is 11.1. The van der Waals surface area contributed by atoms with Crippen LogP contribution in [0, 0.1) is 0 Å². The Kier molecular flexibility index (Phi) is 4.48. The topological polar surface area (TPSA) is 51.0 Å². The molecule has 3 aromatic rings. The maximum atomic E-state index is 12.4. The SMILES string of the molecule is CN(CCc1ccncc1)Cc1nc2ccccc2c(=O)n1C. The fraction of sp³-hybridized carbons (Fsp3) is 0.278. The number of rotatable bonds is 5. The highest BCUT2D eigenvalue weighted by molar-refractivity contribution is 5.77. The zero-order valence-corrected chi connectivity index (χ0v) is 13.4. The molecule has 0 atom stereocenters. The average Bonchev–Trinajstić information content (AvgIpc) is 2.58. The third-order valence-electron chi connectivity index (χ3n) is 4.02. The van der Waals surface area contributed by atoms with Gasteiger partial charge < -0.3 is 0 Å². The van der Waals surface area contributed by atoms with Crippen molar-refractivity contribution in [3.63, 3.8) is 0 Å². The van der Waals surface area contributed by atoms with Crippen molar-refractivity contribution >= 4 is 10.9 Å². The van der Waals surface area contributed by atoms with Crippen molar-refractivity contribution in [1.29, 1.82) is 0 Å². The molecule has 5 heteroatoms. The number of likely N-dealkylation sites (N-methyl/N-ethyl adjacent to an activating group) is 1. The van der Waals surface area contributed by atoms with Crippen LogP contribution in [0.4, 0.5) is 0 Å². The Balaban J connectivity index is 1.76. The van der Waals surface area contributed by atoms with Crippen LogP contribution in [0.2, 0.25) is 0 Å². The number of hydrogen-bond donors (Lipinski definition) is 0. The Hall–Kier alpha value is -2.53. The summed E-state index contributed by atoms with van der Waals surface area (Å²) in [5.74, 6) is 0.783. The first kappa shape index (κ1) is 15.4. The molecule has 0 amide bonds. The smallest absolute Gasteiger partial charge is 0.261 e. The molecular formula is C18H20N4O. The van der Waals surface area contributed by atoms with E-state index in [0.29, 0.717) is 11.9 Å². The Labute approximate surface area is 135 Å². The third kappa shape index (κ3) is 3.46. The molecule has 0 spiro atoms. The van der Waals surface area contributed by atoms with Crippen LogP contribution < -0.4 is 5.56 Å². The molecule has 0 unspecified atom stereocenters. The van der Waals surface area contributed by atoms with Crippen LogP contribution in [0.5, 0.6) is 0 Å². The van der Waals surface area contributed by atoms with E-state index >= 15 is 0 Å². The van der Waals surface area contributed by atoms with Gasteiger partial charge in [0, 0.05) is 26.0 Å². The highest BCUT2D eigenvalue weighted by Gasteiger charge is 2.10. The summed E-state index contributed by atoms with van der Waals surface area (Å²) in [6.45, 7) is 1.54. The molecule has 0 aliphatic carbocycles. The van der Waals surface area contributed by atoms with Gasteiger partial charge in [-0.1, -0.05) is 12.1 Å². The molecule has 0 fully saturated rings. The monoisotopic (exact) mass is 308 g/mol. The predicted octanol–water partition coefficient (Wildman–Crippen LogP) is 2.00. The van der Waals surface area contributed by atoms with E-state index in [4.69, 9.17) is 0 Å². The summed E-state index contributed by atoms with van der Waals surface area (Å²) in [7, 11) is 3.83. The minimum absolute atomic E-state index is 0.00753. The van der Waals surface area contributed by atoms with Crippen molar-refractivity contribution in [2.75, 3.05) is 13.6 Å². The second-order valence-electron chi connectivity index (χ2n) is 5.75. The van der Waals surface area contributed by atoms with Gasteiger partial charge in [0.15, 0.2) is 0 Å². The molecule has 5 nitrogen and oxygen atoms in total. The summed E-state index contributed by atoms with van der Waals surface area (Å²) in [5.41, 5.74) is 2.02. The fourth-order valence-electron chi connectivity index (χ4n) is 2.60. The zero-order valence-electron chi connectivity index (χ0n) is 13.4. The van der Waals surface area contributed by atoms with Gasteiger partial charge in [0.1, 0.15) is 5.82 Å². The van der Waals surface area contributed by atoms with Crippen LogP contribution in [0.15, 0.2) is 53.6 Å². The van der Waals surface area contributed by atoms with E-state index in [1.54, 1.807) is 11.6 Å². The lowest BCUT2D eigenvalue weighted by Crippen LogP contribution is -2.28. The third-order valence-corrected chi connectivity index (χ3v) is 4.02. The standard InChI is InChI=1S/C18H20N4O/c1-21(12-9-14-7-10-19-11-8-14)13-17-20-16-6-4-3-5-15(16)18(23)22(17)2/h3-8,10-11H,9,12-13H2,1-2H3. The second kappa shape index (κ2) is 6.71. The minimum atomic E-state index is 0.00753. The maximum absolute atomic E-state index is 12.4. The van der Waals surface area contributed by atoms with Crippen LogP contribution in [-0.2, 0) is 20.0 Å². The molecule has 3 rings (SSSR count). The summed E-state index contributed by atoms with van der Waals surface area (Å²) in [5, 5.41) is 0.665. The van der Waals surface area contributed by atoms with Crippen LogP contribution in [0.25, 0.3) is 10.9 Å². The summed E-state index contributed by atoms with van der Waals surface area (Å²) in [6.07, 6.45) is 4.56. The summed E-state index contributed by atoms with van der Waals surface area (Å²) in [4.78, 5) is 23.3. The maximum Gasteiger partial charge on any atom is 0.261 e. The lowest BCUT2D eigenvalue weighted by Gasteiger charge is -2.18. The molecule has 2 heterocycles. The van der Waals surface area contributed by atoms with Gasteiger partial charge in [-0.25, -0.2) is 4.98 Å². The van der Waals surface area contributed by atoms with Gasteiger partial charge >= 0.3 is 0 Å². The van der Waals surface area contributed by atoms with E-state index in [1.807, 2.05) is 55.8 Å². The molecule has 23 heavy (non-hydrogen) atoms. The van der Waals surface area contributed by atoms with Crippen molar-refractivity contribution in [2.24, 2.45) is 7.05 Å². The number of fused-ring (bicyclic) bond motifs is 1. The normalized spacial score (nSPS) is 11.3. The highest BCUT2D eigenvalue weighted by atomic mass is 16.1. The summed E-state index contributed by atoms with van der Waals surface area (Å²) < 4.78 is 1.64. The van der Waals surface area contributed by atoms with Crippen molar-refractivity contribution in [3.05, 3.63) is 70.5 Å². The second-order valence-corrected chi connectivity index (χ2v) is 5.75. The lowest BCUT2D eigenvalue weighted by molar-refractivity contribution is 0.317. The number of pyridine rings is 1. The summed E-state index contributed by atoms with van der Waals surface area (Å²) >= 11 is 0. The van der Waals surface area contributed by atoms with Crippen LogP contribution in [0.1, 0.15) is 11.4 Å². The Morgan fingerprint density at radius 2 is 1.87 bits per heavy atom. The molecule has 0 radical (unpaired) electrons. The van der Waals surface area contributed by atoms with Gasteiger partial charge in [0.25, 0.3) is 5.56 Å². The van der Waals surface area contributed by atoms with Crippen LogP contribution in [-0.4, -0.2) is 33.0 Å². The summed E-state index contributed by atoms with van der Waals surface area (Å²) in [6, 6.07) is 11.5. The van der Waals surface area contributed by atoms with Gasteiger partial charge in [-0.2, -0.15) is 0 Å². The first-order valence-electron chi connectivity index (χ1n) is 7.67. The highest BCUT2D eigenvalue weighted by Crippen LogP contribution is 2.09. The Morgan fingerprint density at radius 1 is 1.13 bits per heavy atom. The molecule has 2 aromatic heterocycles. The molecule has 118 valence electrons. The molecule has 0 saturated heterocycles. The van der Waals surface area contributed by atoms with Crippen molar-refractivity contribution in [1.82, 2.24) is 19.4 Å². The van der Waals surface area contributed by atoms with E-state index < -0.39 is 0 Å². The molecule has 0 aliphatic rings. The van der Waals surface area contributed by atoms with Gasteiger partial charge in [-0.3, -0.25) is 19.2 Å². The van der Waals surface area contributed by atoms with E-state index in [1.165, 1.54) is 5.56 Å². The van der Waals surface area contributed by atoms with Crippen molar-refractivity contribution in [2.45, 2.75) is 13.0 Å². The van der Waals surface area contributed by atoms with E-state index in [9.17, 15) is 4.79 Å². The van der Waals surface area contributed by atoms with Crippen LogP contribution in [0.3, 0.4) is 0 Å². The fourth-order valence-corrected chi connectivity index (χ4v) is 2.60. The largest absolute Gasteiger partial charge is 0.299 e. The predicted molar refractivity (Wildman–Crippen MR) is 91.3 cm³/mol. The first-order valence-corrected chi connectivity index (χ1v) is 7.67. The van der Waals surface area contributed by atoms with Gasteiger partial charge in [-0.15, -0.1) is 0 Å². The molecule has 1 aromatic carbocycles. The number of nitrogens with zero attached hydrogens (tertiary/aromatic N) is 4. The average molecular weight is 308 g/mol. The van der Waals surface area contributed by atoms with Gasteiger partial charge in [0.05, 0.1) is 17.4 Å². The van der Waals surface area contributed by atoms with Crippen molar-refractivity contribution in [3.8, 4) is 0 Å². The minimum Gasteiger partial charge on any atom is -0.299 e. The Morgan fingerprint density at radius 3 is 2.65 bits per heavy atom. The van der Waals surface area contributed by atoms with Crippen molar-refractivity contribution < 1.29 is 0 Å². The zero-order chi connectivity index (χ0) is 16.2. The van der Waals surface area contributed by atoms with E-state index in [2.05, 4.69) is 14.9 Å². The quantitative estimate of drug-likeness (QED) is 0.723. The lowest BCUT2D eigenvalue weighted by atomic mass is 10.2. The van der Waals surface area contributed by atoms with E-state index in [-0.39, 0.29) is 5.56 Å². The molecular weight excluding hydrogens is 288 g/mol. The Bertz CT molecular complexity index is 858. The van der Waals surface area contributed by atoms with Crippen LogP contribution >= 0.6 is 0 Å². The number of aromatic nitrogens is 3.